The number of hydrogen-bond donors (Lipinski definition) is 2. The van der Waals surface area contributed by atoms with Gasteiger partial charge in [0.15, 0.2) is 0 Å². The Hall–Kier alpha value is -1.88. The van der Waals surface area contributed by atoms with Gasteiger partial charge in [0.2, 0.25) is 0 Å². The van der Waals surface area contributed by atoms with Gasteiger partial charge in [-0.05, 0) is 66.0 Å². The average molecular weight is 411 g/mol. The molecule has 4 nitrogen and oxygen atoms in total. The first kappa shape index (κ1) is 21.4. The van der Waals surface area contributed by atoms with E-state index in [0.29, 0.717) is 12.8 Å². The maximum Gasteiger partial charge on any atom is 0.126 e. The van der Waals surface area contributed by atoms with Crippen molar-refractivity contribution in [1.82, 2.24) is 0 Å². The molecule has 2 aromatic carbocycles. The largest absolute Gasteiger partial charge is 0.493 e. The molecule has 1 fully saturated rings. The number of rotatable bonds is 6. The molecule has 0 radical (unpaired) electrons. The molecule has 2 heterocycles. The second kappa shape index (κ2) is 9.51. The lowest BCUT2D eigenvalue weighted by atomic mass is 9.86. The molecule has 3 atom stereocenters. The first-order chi connectivity index (χ1) is 14.6. The van der Waals surface area contributed by atoms with Crippen molar-refractivity contribution in [3.05, 3.63) is 63.7 Å². The minimum absolute atomic E-state index is 0.0645. The maximum absolute atomic E-state index is 10.3. The van der Waals surface area contributed by atoms with Gasteiger partial charge in [-0.15, -0.1) is 0 Å². The van der Waals surface area contributed by atoms with Gasteiger partial charge in [0.1, 0.15) is 5.75 Å². The fourth-order valence-corrected chi connectivity index (χ4v) is 4.91. The Balaban J connectivity index is 1.68. The van der Waals surface area contributed by atoms with Crippen LogP contribution in [0.1, 0.15) is 72.1 Å². The molecule has 2 aliphatic rings. The smallest absolute Gasteiger partial charge is 0.126 e. The van der Waals surface area contributed by atoms with Crippen LogP contribution in [0.15, 0.2) is 30.3 Å². The molecule has 0 amide bonds. The number of ether oxygens (including phenoxy) is 2. The lowest BCUT2D eigenvalue weighted by molar-refractivity contribution is -0.114. The van der Waals surface area contributed by atoms with E-state index in [-0.39, 0.29) is 18.8 Å². The maximum atomic E-state index is 10.3. The summed E-state index contributed by atoms with van der Waals surface area (Å²) in [5.74, 6) is 1.00. The Labute approximate surface area is 179 Å². The van der Waals surface area contributed by atoms with Gasteiger partial charge in [0.25, 0.3) is 0 Å². The van der Waals surface area contributed by atoms with Crippen LogP contribution in [0.3, 0.4) is 0 Å². The summed E-state index contributed by atoms with van der Waals surface area (Å²) in [5, 5.41) is 19.9. The Morgan fingerprint density at radius 1 is 1.10 bits per heavy atom. The van der Waals surface area contributed by atoms with E-state index < -0.39 is 6.10 Å². The molecular formula is C26H34O4. The quantitative estimate of drug-likeness (QED) is 0.739. The summed E-state index contributed by atoms with van der Waals surface area (Å²) < 4.78 is 12.3. The number of benzene rings is 2. The van der Waals surface area contributed by atoms with Crippen molar-refractivity contribution in [2.45, 2.75) is 77.1 Å². The van der Waals surface area contributed by atoms with Crippen LogP contribution in [0.25, 0.3) is 0 Å². The van der Waals surface area contributed by atoms with Gasteiger partial charge in [-0.1, -0.05) is 43.7 Å². The van der Waals surface area contributed by atoms with Crippen molar-refractivity contribution < 1.29 is 19.7 Å². The van der Waals surface area contributed by atoms with E-state index in [4.69, 9.17) is 9.47 Å². The van der Waals surface area contributed by atoms with Crippen LogP contribution in [0, 0.1) is 6.92 Å². The highest BCUT2D eigenvalue weighted by Crippen LogP contribution is 2.41. The summed E-state index contributed by atoms with van der Waals surface area (Å²) >= 11 is 0. The Kier molecular flexibility index (Phi) is 6.77. The first-order valence-electron chi connectivity index (χ1n) is 11.4. The van der Waals surface area contributed by atoms with Crippen LogP contribution in [0.2, 0.25) is 0 Å². The molecule has 0 aromatic heterocycles. The van der Waals surface area contributed by atoms with E-state index in [1.807, 2.05) is 0 Å². The SMILES string of the molecule is CCCc1ccc(Cc2cc(C3CC(O)CC(CO)O3)c(C)c3c2CCCO3)cc1. The minimum Gasteiger partial charge on any atom is -0.493 e. The van der Waals surface area contributed by atoms with Gasteiger partial charge in [-0.3, -0.25) is 0 Å². The molecule has 162 valence electrons. The fourth-order valence-electron chi connectivity index (χ4n) is 4.91. The lowest BCUT2D eigenvalue weighted by Crippen LogP contribution is -2.34. The normalized spacial score (nSPS) is 23.7. The lowest BCUT2D eigenvalue weighted by Gasteiger charge is -2.35. The molecule has 1 saturated heterocycles. The van der Waals surface area contributed by atoms with Crippen molar-refractivity contribution in [2.75, 3.05) is 13.2 Å². The second-order valence-corrected chi connectivity index (χ2v) is 8.81. The summed E-state index contributed by atoms with van der Waals surface area (Å²) in [6, 6.07) is 11.2. The number of aliphatic hydroxyl groups excluding tert-OH is 2. The van der Waals surface area contributed by atoms with Crippen molar-refractivity contribution >= 4 is 0 Å². The summed E-state index contributed by atoms with van der Waals surface area (Å²) in [5.41, 5.74) is 7.49. The molecule has 2 aliphatic heterocycles. The third kappa shape index (κ3) is 4.56. The number of hydrogen-bond acceptors (Lipinski definition) is 4. The van der Waals surface area contributed by atoms with Gasteiger partial charge >= 0.3 is 0 Å². The standard InChI is InChI=1S/C26H34O4/c1-3-5-18-7-9-19(10-8-18)12-20-13-24(17(2)26-23(20)6-4-11-29-26)25-15-21(28)14-22(16-27)30-25/h7-10,13,21-22,25,27-28H,3-6,11-12,14-16H2,1-2H3. The van der Waals surface area contributed by atoms with E-state index in [2.05, 4.69) is 44.2 Å². The highest BCUT2D eigenvalue weighted by atomic mass is 16.5. The average Bonchev–Trinajstić information content (AvgIpc) is 2.76. The van der Waals surface area contributed by atoms with Crippen molar-refractivity contribution in [3.63, 3.8) is 0 Å². The van der Waals surface area contributed by atoms with Gasteiger partial charge in [-0.25, -0.2) is 0 Å². The van der Waals surface area contributed by atoms with Gasteiger partial charge in [0, 0.05) is 12.8 Å². The van der Waals surface area contributed by atoms with Gasteiger partial charge in [-0.2, -0.15) is 0 Å². The highest BCUT2D eigenvalue weighted by Gasteiger charge is 2.32. The van der Waals surface area contributed by atoms with Crippen molar-refractivity contribution in [2.24, 2.45) is 0 Å². The van der Waals surface area contributed by atoms with Gasteiger partial charge < -0.3 is 19.7 Å². The minimum atomic E-state index is -0.452. The molecule has 0 aliphatic carbocycles. The van der Waals surface area contributed by atoms with Crippen LogP contribution in [0.5, 0.6) is 5.75 Å². The zero-order chi connectivity index (χ0) is 21.1. The van der Waals surface area contributed by atoms with E-state index in [1.54, 1.807) is 0 Å². The number of aliphatic hydroxyl groups is 2. The van der Waals surface area contributed by atoms with Crippen LogP contribution < -0.4 is 4.74 Å². The Morgan fingerprint density at radius 2 is 1.87 bits per heavy atom. The molecule has 3 unspecified atom stereocenters. The topological polar surface area (TPSA) is 58.9 Å². The second-order valence-electron chi connectivity index (χ2n) is 8.81. The van der Waals surface area contributed by atoms with Crippen LogP contribution >= 0.6 is 0 Å². The predicted octanol–water partition coefficient (Wildman–Crippen LogP) is 4.44. The van der Waals surface area contributed by atoms with Crippen LogP contribution in [0.4, 0.5) is 0 Å². The van der Waals surface area contributed by atoms with Crippen molar-refractivity contribution in [1.29, 1.82) is 0 Å². The van der Waals surface area contributed by atoms with Crippen LogP contribution in [-0.2, 0) is 24.0 Å². The van der Waals surface area contributed by atoms with E-state index in [1.165, 1.54) is 22.3 Å². The molecule has 0 spiro atoms. The number of fused-ring (bicyclic) bond motifs is 1. The van der Waals surface area contributed by atoms with Gasteiger partial charge in [0.05, 0.1) is 31.5 Å². The first-order valence-corrected chi connectivity index (χ1v) is 11.4. The fraction of sp³-hybridized carbons (Fsp3) is 0.538. The summed E-state index contributed by atoms with van der Waals surface area (Å²) in [6.45, 7) is 4.99. The summed E-state index contributed by atoms with van der Waals surface area (Å²) in [4.78, 5) is 0. The van der Waals surface area contributed by atoms with E-state index in [9.17, 15) is 10.2 Å². The molecule has 30 heavy (non-hydrogen) atoms. The summed E-state index contributed by atoms with van der Waals surface area (Å²) in [7, 11) is 0. The monoisotopic (exact) mass is 410 g/mol. The predicted molar refractivity (Wildman–Crippen MR) is 118 cm³/mol. The number of aryl methyl sites for hydroxylation is 1. The van der Waals surface area contributed by atoms with E-state index >= 15 is 0 Å². The van der Waals surface area contributed by atoms with Crippen molar-refractivity contribution in [3.8, 4) is 5.75 Å². The molecular weight excluding hydrogens is 376 g/mol. The molecule has 0 bridgehead atoms. The zero-order valence-electron chi connectivity index (χ0n) is 18.2. The Bertz CT molecular complexity index is 858. The Morgan fingerprint density at radius 3 is 2.60 bits per heavy atom. The van der Waals surface area contributed by atoms with E-state index in [0.717, 1.165) is 55.6 Å². The third-order valence-corrected chi connectivity index (χ3v) is 6.47. The third-order valence-electron chi connectivity index (χ3n) is 6.47. The molecule has 2 N–H and O–H groups in total. The highest BCUT2D eigenvalue weighted by molar-refractivity contribution is 5.53. The molecule has 0 saturated carbocycles. The molecule has 2 aromatic rings. The summed E-state index contributed by atoms with van der Waals surface area (Å²) in [6.07, 6.45) is 5.28. The van der Waals surface area contributed by atoms with Crippen LogP contribution in [-0.4, -0.2) is 35.6 Å². The molecule has 4 heteroatoms. The zero-order valence-corrected chi connectivity index (χ0v) is 18.2. The molecule has 4 rings (SSSR count).